The molecule has 0 aliphatic heterocycles. The standard InChI is InChI=1S/C16H15FN4/c1-10-6-8-11(9-7-10)14(18)16-19-15(20-21-16)12-4-2-3-5-13(12)17/h2-9,14H,18H2,1H3,(H,19,20,21)/t14-/m1/s1. The van der Waals surface area contributed by atoms with Crippen LogP contribution < -0.4 is 5.73 Å². The van der Waals surface area contributed by atoms with Gasteiger partial charge in [0.25, 0.3) is 0 Å². The Balaban J connectivity index is 1.91. The Morgan fingerprint density at radius 2 is 1.81 bits per heavy atom. The van der Waals surface area contributed by atoms with E-state index < -0.39 is 6.04 Å². The van der Waals surface area contributed by atoms with Gasteiger partial charge in [-0.3, -0.25) is 5.10 Å². The SMILES string of the molecule is Cc1ccc([C@@H](N)c2nc(-c3ccccc3F)n[nH]2)cc1. The summed E-state index contributed by atoms with van der Waals surface area (Å²) in [5, 5.41) is 6.85. The Labute approximate surface area is 121 Å². The van der Waals surface area contributed by atoms with E-state index in [1.54, 1.807) is 18.2 Å². The average molecular weight is 282 g/mol. The number of hydrogen-bond acceptors (Lipinski definition) is 3. The van der Waals surface area contributed by atoms with Crippen LogP contribution in [0.25, 0.3) is 11.4 Å². The van der Waals surface area contributed by atoms with E-state index in [-0.39, 0.29) is 5.82 Å². The first kappa shape index (κ1) is 13.5. The number of nitrogens with one attached hydrogen (secondary N) is 1. The molecule has 2 aromatic carbocycles. The van der Waals surface area contributed by atoms with Gasteiger partial charge in [-0.1, -0.05) is 42.0 Å². The van der Waals surface area contributed by atoms with Crippen molar-refractivity contribution in [2.24, 2.45) is 5.73 Å². The maximum absolute atomic E-state index is 13.7. The number of H-pyrrole nitrogens is 1. The normalized spacial score (nSPS) is 12.3. The van der Waals surface area contributed by atoms with Gasteiger partial charge in [0.1, 0.15) is 11.6 Å². The highest BCUT2D eigenvalue weighted by Gasteiger charge is 2.16. The van der Waals surface area contributed by atoms with E-state index in [0.717, 1.165) is 11.1 Å². The number of aromatic amines is 1. The number of aryl methyl sites for hydroxylation is 1. The van der Waals surface area contributed by atoms with Gasteiger partial charge in [0.2, 0.25) is 0 Å². The van der Waals surface area contributed by atoms with E-state index in [1.807, 2.05) is 31.2 Å². The van der Waals surface area contributed by atoms with Gasteiger partial charge in [-0.2, -0.15) is 5.10 Å². The van der Waals surface area contributed by atoms with Crippen molar-refractivity contribution in [3.05, 3.63) is 71.3 Å². The van der Waals surface area contributed by atoms with Gasteiger partial charge in [0.05, 0.1) is 11.6 Å². The van der Waals surface area contributed by atoms with Crippen molar-refractivity contribution >= 4 is 0 Å². The summed E-state index contributed by atoms with van der Waals surface area (Å²) in [4.78, 5) is 4.31. The van der Waals surface area contributed by atoms with Gasteiger partial charge in [-0.05, 0) is 24.6 Å². The second-order valence-electron chi connectivity index (χ2n) is 4.91. The minimum Gasteiger partial charge on any atom is -0.318 e. The zero-order valence-electron chi connectivity index (χ0n) is 11.5. The summed E-state index contributed by atoms with van der Waals surface area (Å²) in [7, 11) is 0. The first-order valence-electron chi connectivity index (χ1n) is 6.64. The van der Waals surface area contributed by atoms with Crippen molar-refractivity contribution in [1.82, 2.24) is 15.2 Å². The molecule has 21 heavy (non-hydrogen) atoms. The summed E-state index contributed by atoms with van der Waals surface area (Å²) in [5.74, 6) is 0.467. The molecule has 1 heterocycles. The van der Waals surface area contributed by atoms with Crippen molar-refractivity contribution < 1.29 is 4.39 Å². The molecule has 1 atom stereocenters. The lowest BCUT2D eigenvalue weighted by atomic mass is 10.1. The largest absolute Gasteiger partial charge is 0.318 e. The van der Waals surface area contributed by atoms with Crippen LogP contribution in [0.1, 0.15) is 23.0 Å². The lowest BCUT2D eigenvalue weighted by molar-refractivity contribution is 0.630. The maximum Gasteiger partial charge on any atom is 0.184 e. The topological polar surface area (TPSA) is 67.6 Å². The summed E-state index contributed by atoms with van der Waals surface area (Å²) in [6.07, 6.45) is 0. The Morgan fingerprint density at radius 3 is 2.52 bits per heavy atom. The van der Waals surface area contributed by atoms with Crippen LogP contribution in [0.15, 0.2) is 48.5 Å². The first-order chi connectivity index (χ1) is 10.1. The van der Waals surface area contributed by atoms with Gasteiger partial charge in [-0.15, -0.1) is 0 Å². The molecule has 1 aromatic heterocycles. The first-order valence-corrected chi connectivity index (χ1v) is 6.64. The molecule has 0 saturated carbocycles. The lowest BCUT2D eigenvalue weighted by Crippen LogP contribution is -2.13. The fourth-order valence-electron chi connectivity index (χ4n) is 2.11. The molecule has 106 valence electrons. The smallest absolute Gasteiger partial charge is 0.184 e. The number of benzene rings is 2. The number of nitrogens with two attached hydrogens (primary N) is 1. The van der Waals surface area contributed by atoms with Crippen LogP contribution in [-0.2, 0) is 0 Å². The van der Waals surface area contributed by atoms with E-state index in [0.29, 0.717) is 17.2 Å². The number of halogens is 1. The van der Waals surface area contributed by atoms with E-state index in [1.165, 1.54) is 6.07 Å². The highest BCUT2D eigenvalue weighted by molar-refractivity contribution is 5.55. The Hall–Kier alpha value is -2.53. The summed E-state index contributed by atoms with van der Waals surface area (Å²) in [5.41, 5.74) is 8.62. The number of rotatable bonds is 3. The molecule has 0 bridgehead atoms. The van der Waals surface area contributed by atoms with Crippen molar-refractivity contribution in [1.29, 1.82) is 0 Å². The van der Waals surface area contributed by atoms with E-state index in [4.69, 9.17) is 5.73 Å². The van der Waals surface area contributed by atoms with Crippen molar-refractivity contribution in [2.45, 2.75) is 13.0 Å². The van der Waals surface area contributed by atoms with Crippen molar-refractivity contribution in [2.75, 3.05) is 0 Å². The van der Waals surface area contributed by atoms with Crippen LogP contribution in [0.5, 0.6) is 0 Å². The lowest BCUT2D eigenvalue weighted by Gasteiger charge is -2.08. The van der Waals surface area contributed by atoms with Gasteiger partial charge in [-0.25, -0.2) is 9.37 Å². The second kappa shape index (κ2) is 5.46. The summed E-state index contributed by atoms with van der Waals surface area (Å²) >= 11 is 0. The molecule has 0 fully saturated rings. The van der Waals surface area contributed by atoms with Gasteiger partial charge >= 0.3 is 0 Å². The average Bonchev–Trinajstić information content (AvgIpc) is 2.97. The van der Waals surface area contributed by atoms with Crippen molar-refractivity contribution in [3.8, 4) is 11.4 Å². The summed E-state index contributed by atoms with van der Waals surface area (Å²) < 4.78 is 13.7. The molecule has 0 saturated heterocycles. The quantitative estimate of drug-likeness (QED) is 0.776. The van der Waals surface area contributed by atoms with E-state index in [2.05, 4.69) is 15.2 Å². The summed E-state index contributed by atoms with van der Waals surface area (Å²) in [6.45, 7) is 2.01. The Bertz CT molecular complexity index is 749. The van der Waals surface area contributed by atoms with Crippen molar-refractivity contribution in [3.63, 3.8) is 0 Å². The molecule has 0 unspecified atom stereocenters. The summed E-state index contributed by atoms with van der Waals surface area (Å²) in [6, 6.07) is 13.9. The highest BCUT2D eigenvalue weighted by atomic mass is 19.1. The van der Waals surface area contributed by atoms with Crippen LogP contribution in [0, 0.1) is 12.7 Å². The third kappa shape index (κ3) is 2.68. The third-order valence-corrected chi connectivity index (χ3v) is 3.35. The fourth-order valence-corrected chi connectivity index (χ4v) is 2.11. The van der Waals surface area contributed by atoms with Crippen LogP contribution in [0.2, 0.25) is 0 Å². The molecule has 3 aromatic rings. The molecule has 0 aliphatic carbocycles. The van der Waals surface area contributed by atoms with Crippen LogP contribution in [0.4, 0.5) is 4.39 Å². The predicted molar refractivity (Wildman–Crippen MR) is 79.0 cm³/mol. The molecule has 3 rings (SSSR count). The molecular weight excluding hydrogens is 267 g/mol. The molecule has 0 spiro atoms. The minimum atomic E-state index is -0.418. The molecule has 5 heteroatoms. The number of nitrogens with zero attached hydrogens (tertiary/aromatic N) is 2. The van der Waals surface area contributed by atoms with Crippen LogP contribution in [0.3, 0.4) is 0 Å². The van der Waals surface area contributed by atoms with E-state index in [9.17, 15) is 4.39 Å². The molecule has 0 amide bonds. The van der Waals surface area contributed by atoms with Gasteiger partial charge in [0.15, 0.2) is 5.82 Å². The molecule has 4 nitrogen and oxygen atoms in total. The molecule has 0 aliphatic rings. The predicted octanol–water partition coefficient (Wildman–Crippen LogP) is 2.97. The molecule has 0 radical (unpaired) electrons. The Morgan fingerprint density at radius 1 is 1.10 bits per heavy atom. The number of aromatic nitrogens is 3. The Kier molecular flexibility index (Phi) is 3.50. The van der Waals surface area contributed by atoms with Crippen LogP contribution in [-0.4, -0.2) is 15.2 Å². The van der Waals surface area contributed by atoms with Gasteiger partial charge < -0.3 is 5.73 Å². The second-order valence-corrected chi connectivity index (χ2v) is 4.91. The maximum atomic E-state index is 13.7. The zero-order valence-corrected chi connectivity index (χ0v) is 11.5. The fraction of sp³-hybridized carbons (Fsp3) is 0.125. The monoisotopic (exact) mass is 282 g/mol. The molecular formula is C16H15FN4. The molecule has 3 N–H and O–H groups in total. The zero-order chi connectivity index (χ0) is 14.8. The minimum absolute atomic E-state index is 0.311. The van der Waals surface area contributed by atoms with E-state index >= 15 is 0 Å². The van der Waals surface area contributed by atoms with Crippen LogP contribution >= 0.6 is 0 Å². The third-order valence-electron chi connectivity index (χ3n) is 3.35. The highest BCUT2D eigenvalue weighted by Crippen LogP contribution is 2.22. The number of hydrogen-bond donors (Lipinski definition) is 2. The van der Waals surface area contributed by atoms with Gasteiger partial charge in [0, 0.05) is 0 Å².